The van der Waals surface area contributed by atoms with Crippen molar-refractivity contribution in [1.29, 1.82) is 0 Å². The molecular formula is C4H6O2S2. The lowest BCUT2D eigenvalue weighted by Gasteiger charge is -2.00. The van der Waals surface area contributed by atoms with E-state index in [4.69, 9.17) is 0 Å². The van der Waals surface area contributed by atoms with E-state index < -0.39 is 9.84 Å². The molecule has 4 heteroatoms. The van der Waals surface area contributed by atoms with Crippen molar-refractivity contribution in [3.8, 4) is 0 Å². The average Bonchev–Trinajstić information content (AvgIpc) is 1.65. The van der Waals surface area contributed by atoms with Crippen molar-refractivity contribution in [3.05, 3.63) is 10.8 Å². The van der Waals surface area contributed by atoms with E-state index >= 15 is 0 Å². The minimum absolute atomic E-state index is 0.300. The van der Waals surface area contributed by atoms with Crippen LogP contribution in [-0.2, 0) is 9.84 Å². The fourth-order valence-electron chi connectivity index (χ4n) is 0.424. The molecular weight excluding hydrogens is 144 g/mol. The van der Waals surface area contributed by atoms with Gasteiger partial charge in [-0.3, -0.25) is 0 Å². The SMILES string of the molecule is O=S1(=O)C=CSCC1. The Hall–Kier alpha value is 0.0400. The molecule has 1 aliphatic heterocycles. The van der Waals surface area contributed by atoms with Crippen molar-refractivity contribution in [2.45, 2.75) is 0 Å². The van der Waals surface area contributed by atoms with Crippen molar-refractivity contribution in [2.24, 2.45) is 0 Å². The van der Waals surface area contributed by atoms with Crippen molar-refractivity contribution < 1.29 is 8.42 Å². The van der Waals surface area contributed by atoms with Gasteiger partial charge in [0.15, 0.2) is 9.84 Å². The third-order valence-electron chi connectivity index (χ3n) is 0.845. The van der Waals surface area contributed by atoms with Crippen molar-refractivity contribution in [2.75, 3.05) is 11.5 Å². The summed E-state index contributed by atoms with van der Waals surface area (Å²) in [6.45, 7) is 0. The van der Waals surface area contributed by atoms with Gasteiger partial charge in [0.25, 0.3) is 0 Å². The molecule has 2 nitrogen and oxygen atoms in total. The van der Waals surface area contributed by atoms with Gasteiger partial charge in [-0.1, -0.05) is 0 Å². The van der Waals surface area contributed by atoms with Gasteiger partial charge in [0.05, 0.1) is 5.75 Å². The summed E-state index contributed by atoms with van der Waals surface area (Å²) in [5.74, 6) is 1.01. The van der Waals surface area contributed by atoms with E-state index in [1.165, 1.54) is 17.2 Å². The molecule has 0 aromatic heterocycles. The first-order chi connectivity index (χ1) is 3.71. The summed E-state index contributed by atoms with van der Waals surface area (Å²) in [5, 5.41) is 2.89. The van der Waals surface area contributed by atoms with Gasteiger partial charge in [-0.05, 0) is 5.41 Å². The second kappa shape index (κ2) is 2.11. The Morgan fingerprint density at radius 2 is 2.25 bits per heavy atom. The first-order valence-corrected chi connectivity index (χ1v) is 4.98. The maximum atomic E-state index is 10.6. The van der Waals surface area contributed by atoms with E-state index in [0.29, 0.717) is 11.5 Å². The number of rotatable bonds is 0. The molecule has 0 spiro atoms. The lowest BCUT2D eigenvalue weighted by molar-refractivity contribution is 0.606. The molecule has 0 saturated heterocycles. The molecule has 0 bridgehead atoms. The molecule has 1 heterocycles. The fourth-order valence-corrected chi connectivity index (χ4v) is 3.00. The van der Waals surface area contributed by atoms with Gasteiger partial charge in [0.2, 0.25) is 0 Å². The Kier molecular flexibility index (Phi) is 1.62. The van der Waals surface area contributed by atoms with Crippen LogP contribution in [0.4, 0.5) is 0 Å². The molecule has 46 valence electrons. The largest absolute Gasteiger partial charge is 0.224 e. The minimum Gasteiger partial charge on any atom is -0.224 e. The number of hydrogen-bond acceptors (Lipinski definition) is 3. The van der Waals surface area contributed by atoms with Crippen LogP contribution in [0.3, 0.4) is 0 Å². The van der Waals surface area contributed by atoms with E-state index in [9.17, 15) is 8.42 Å². The third-order valence-corrected chi connectivity index (χ3v) is 3.37. The molecule has 1 rings (SSSR count). The zero-order chi connectivity index (χ0) is 6.04. The van der Waals surface area contributed by atoms with Crippen molar-refractivity contribution in [1.82, 2.24) is 0 Å². The zero-order valence-electron chi connectivity index (χ0n) is 4.20. The second-order valence-corrected chi connectivity index (χ2v) is 4.53. The molecule has 0 N–H and O–H groups in total. The smallest absolute Gasteiger partial charge is 0.172 e. The maximum absolute atomic E-state index is 10.6. The van der Waals surface area contributed by atoms with Crippen LogP contribution in [0.1, 0.15) is 0 Å². The zero-order valence-corrected chi connectivity index (χ0v) is 5.83. The highest BCUT2D eigenvalue weighted by atomic mass is 32.2. The van der Waals surface area contributed by atoms with Crippen LogP contribution < -0.4 is 0 Å². The molecule has 0 aromatic carbocycles. The summed E-state index contributed by atoms with van der Waals surface area (Å²) in [6, 6.07) is 0. The number of thioether (sulfide) groups is 1. The third kappa shape index (κ3) is 1.52. The minimum atomic E-state index is -2.78. The molecule has 0 radical (unpaired) electrons. The second-order valence-electron chi connectivity index (χ2n) is 1.51. The molecule has 0 amide bonds. The summed E-state index contributed by atoms with van der Waals surface area (Å²) < 4.78 is 21.1. The highest BCUT2D eigenvalue weighted by Gasteiger charge is 2.08. The van der Waals surface area contributed by atoms with E-state index in [1.54, 1.807) is 5.41 Å². The van der Waals surface area contributed by atoms with Crippen LogP contribution in [0.2, 0.25) is 0 Å². The van der Waals surface area contributed by atoms with Gasteiger partial charge in [0, 0.05) is 11.2 Å². The van der Waals surface area contributed by atoms with Crippen molar-refractivity contribution in [3.63, 3.8) is 0 Å². The Balaban J connectivity index is 2.87. The Morgan fingerprint density at radius 3 is 2.50 bits per heavy atom. The van der Waals surface area contributed by atoms with E-state index in [1.807, 2.05) is 0 Å². The molecule has 0 fully saturated rings. The fraction of sp³-hybridized carbons (Fsp3) is 0.500. The number of hydrogen-bond donors (Lipinski definition) is 0. The van der Waals surface area contributed by atoms with E-state index in [2.05, 4.69) is 0 Å². The van der Waals surface area contributed by atoms with Crippen LogP contribution in [0.5, 0.6) is 0 Å². The predicted octanol–water partition coefficient (Wildman–Crippen LogP) is 0.619. The highest BCUT2D eigenvalue weighted by molar-refractivity contribution is 8.05. The Bertz CT molecular complexity index is 190. The van der Waals surface area contributed by atoms with Gasteiger partial charge in [-0.25, -0.2) is 8.42 Å². The van der Waals surface area contributed by atoms with Crippen LogP contribution in [0.15, 0.2) is 10.8 Å². The van der Waals surface area contributed by atoms with Gasteiger partial charge in [-0.15, -0.1) is 11.8 Å². The monoisotopic (exact) mass is 150 g/mol. The Labute approximate surface area is 52.9 Å². The van der Waals surface area contributed by atoms with Crippen molar-refractivity contribution >= 4 is 21.6 Å². The molecule has 1 aliphatic rings. The normalized spacial score (nSPS) is 25.5. The molecule has 0 saturated carbocycles. The lowest BCUT2D eigenvalue weighted by atomic mass is 11.0. The highest BCUT2D eigenvalue weighted by Crippen LogP contribution is 2.11. The summed E-state index contributed by atoms with van der Waals surface area (Å²) in [5.41, 5.74) is 0. The summed E-state index contributed by atoms with van der Waals surface area (Å²) in [4.78, 5) is 0. The van der Waals surface area contributed by atoms with Gasteiger partial charge in [0.1, 0.15) is 0 Å². The van der Waals surface area contributed by atoms with Crippen LogP contribution >= 0.6 is 11.8 Å². The predicted molar refractivity (Wildman–Crippen MR) is 35.4 cm³/mol. The summed E-state index contributed by atoms with van der Waals surface area (Å²) >= 11 is 1.54. The molecule has 0 aromatic rings. The quantitative estimate of drug-likeness (QED) is 0.507. The first kappa shape index (κ1) is 6.16. The first-order valence-electron chi connectivity index (χ1n) is 2.22. The standard InChI is InChI=1S/C4H6O2S2/c5-8(6)3-1-7-2-4-8/h1,3H,2,4H2. The molecule has 0 unspecified atom stereocenters. The summed E-state index contributed by atoms with van der Waals surface area (Å²) in [7, 11) is -2.78. The summed E-state index contributed by atoms with van der Waals surface area (Å²) in [6.07, 6.45) is 0. The average molecular weight is 150 g/mol. The molecule has 0 aliphatic carbocycles. The van der Waals surface area contributed by atoms with Gasteiger partial charge >= 0.3 is 0 Å². The molecule has 8 heavy (non-hydrogen) atoms. The van der Waals surface area contributed by atoms with Crippen LogP contribution in [0.25, 0.3) is 0 Å². The van der Waals surface area contributed by atoms with Gasteiger partial charge in [-0.2, -0.15) is 0 Å². The number of sulfone groups is 1. The Morgan fingerprint density at radius 1 is 1.50 bits per heavy atom. The van der Waals surface area contributed by atoms with E-state index in [0.717, 1.165) is 0 Å². The lowest BCUT2D eigenvalue weighted by Crippen LogP contribution is -2.06. The molecule has 0 atom stereocenters. The maximum Gasteiger partial charge on any atom is 0.172 e. The van der Waals surface area contributed by atoms with Gasteiger partial charge < -0.3 is 0 Å². The van der Waals surface area contributed by atoms with E-state index in [-0.39, 0.29) is 0 Å². The van der Waals surface area contributed by atoms with Crippen LogP contribution in [-0.4, -0.2) is 19.9 Å². The topological polar surface area (TPSA) is 34.1 Å². The van der Waals surface area contributed by atoms with Crippen LogP contribution in [0, 0.1) is 0 Å².